The van der Waals surface area contributed by atoms with E-state index >= 15 is 0 Å². The van der Waals surface area contributed by atoms with Gasteiger partial charge in [-0.3, -0.25) is 4.79 Å². The van der Waals surface area contributed by atoms with Crippen LogP contribution in [-0.4, -0.2) is 49.0 Å². The van der Waals surface area contributed by atoms with Gasteiger partial charge >= 0.3 is 0 Å². The van der Waals surface area contributed by atoms with Gasteiger partial charge in [0.05, 0.1) is 6.54 Å². The van der Waals surface area contributed by atoms with Crippen LogP contribution in [0.5, 0.6) is 0 Å². The summed E-state index contributed by atoms with van der Waals surface area (Å²) in [6.07, 6.45) is 3.55. The molecule has 1 aromatic rings. The van der Waals surface area contributed by atoms with E-state index in [9.17, 15) is 4.79 Å². The molecule has 0 unspecified atom stereocenters. The number of benzene rings is 1. The first-order valence-electron chi connectivity index (χ1n) is 10.7. The highest BCUT2D eigenvalue weighted by molar-refractivity contribution is 14.0. The summed E-state index contributed by atoms with van der Waals surface area (Å²) in [7, 11) is 0. The van der Waals surface area contributed by atoms with Gasteiger partial charge in [0.1, 0.15) is 0 Å². The van der Waals surface area contributed by atoms with E-state index in [1.54, 1.807) is 0 Å². The number of nitrogens with one attached hydrogen (secondary N) is 3. The number of carbonyl (C=O) groups is 1. The molecule has 1 aliphatic heterocycles. The molecule has 29 heavy (non-hydrogen) atoms. The molecule has 0 aromatic heterocycles. The third-order valence-electron chi connectivity index (χ3n) is 4.98. The number of amides is 1. The molecule has 0 saturated carbocycles. The fourth-order valence-corrected chi connectivity index (χ4v) is 3.28. The van der Waals surface area contributed by atoms with Crippen LogP contribution in [0.15, 0.2) is 29.3 Å². The highest BCUT2D eigenvalue weighted by Crippen LogP contribution is 2.13. The van der Waals surface area contributed by atoms with Crippen molar-refractivity contribution in [3.05, 3.63) is 29.8 Å². The maximum absolute atomic E-state index is 11.8. The zero-order chi connectivity index (χ0) is 20.4. The van der Waals surface area contributed by atoms with Crippen LogP contribution in [0.1, 0.15) is 52.5 Å². The first kappa shape index (κ1) is 25.7. The summed E-state index contributed by atoms with van der Waals surface area (Å²) in [6, 6.07) is 8.40. The molecule has 1 fully saturated rings. The lowest BCUT2D eigenvalue weighted by Crippen LogP contribution is -2.48. The third kappa shape index (κ3) is 9.33. The fraction of sp³-hybridized carbons (Fsp3) is 0.636. The Bertz CT molecular complexity index is 625. The average Bonchev–Trinajstić information content (AvgIpc) is 2.69. The Balaban J connectivity index is 0.00000420. The molecule has 1 aliphatic rings. The van der Waals surface area contributed by atoms with Gasteiger partial charge in [-0.25, -0.2) is 4.99 Å². The Labute approximate surface area is 193 Å². The highest BCUT2D eigenvalue weighted by Gasteiger charge is 2.19. The third-order valence-corrected chi connectivity index (χ3v) is 4.98. The Morgan fingerprint density at radius 2 is 1.83 bits per heavy atom. The summed E-state index contributed by atoms with van der Waals surface area (Å²) in [5.41, 5.74) is 1.95. The number of likely N-dealkylation sites (tertiary alicyclic amines) is 1. The molecule has 0 bridgehead atoms. The van der Waals surface area contributed by atoms with Crippen LogP contribution in [-0.2, 0) is 11.3 Å². The smallest absolute Gasteiger partial charge is 0.226 e. The number of carbonyl (C=O) groups excluding carboxylic acids is 1. The van der Waals surface area contributed by atoms with Crippen LogP contribution in [0.3, 0.4) is 0 Å². The van der Waals surface area contributed by atoms with Crippen LogP contribution in [0.25, 0.3) is 0 Å². The number of anilines is 1. The molecular formula is C22H38IN5O. The van der Waals surface area contributed by atoms with E-state index in [1.807, 2.05) is 38.1 Å². The van der Waals surface area contributed by atoms with Crippen molar-refractivity contribution in [2.45, 2.75) is 59.5 Å². The highest BCUT2D eigenvalue weighted by atomic mass is 127. The van der Waals surface area contributed by atoms with Crippen LogP contribution >= 0.6 is 24.0 Å². The normalized spacial score (nSPS) is 15.7. The molecule has 0 spiro atoms. The minimum Gasteiger partial charge on any atom is -0.357 e. The van der Waals surface area contributed by atoms with Crippen LogP contribution in [0.4, 0.5) is 5.69 Å². The van der Waals surface area contributed by atoms with Crippen molar-refractivity contribution < 1.29 is 4.79 Å². The van der Waals surface area contributed by atoms with Gasteiger partial charge in [-0.2, -0.15) is 0 Å². The van der Waals surface area contributed by atoms with Gasteiger partial charge in [0.15, 0.2) is 5.96 Å². The van der Waals surface area contributed by atoms with Crippen LogP contribution < -0.4 is 16.0 Å². The molecule has 2 rings (SSSR count). The summed E-state index contributed by atoms with van der Waals surface area (Å²) in [5, 5.41) is 9.87. The number of rotatable bonds is 8. The van der Waals surface area contributed by atoms with Gasteiger partial charge in [0.25, 0.3) is 0 Å². The Morgan fingerprint density at radius 3 is 2.38 bits per heavy atom. The summed E-state index contributed by atoms with van der Waals surface area (Å²) in [4.78, 5) is 19.1. The predicted molar refractivity (Wildman–Crippen MR) is 133 cm³/mol. The van der Waals surface area contributed by atoms with E-state index in [0.717, 1.165) is 49.7 Å². The number of nitrogens with zero attached hydrogens (tertiary/aromatic N) is 2. The van der Waals surface area contributed by atoms with Gasteiger partial charge in [0.2, 0.25) is 5.91 Å². The molecule has 164 valence electrons. The van der Waals surface area contributed by atoms with Crippen molar-refractivity contribution in [1.82, 2.24) is 15.5 Å². The SMILES string of the molecule is CCCN1CCC(NC(=NCc2ccc(NC(=O)C(C)C)cc2)NCC)CC1.I. The lowest BCUT2D eigenvalue weighted by Gasteiger charge is -2.32. The minimum atomic E-state index is -0.0214. The second-order valence-corrected chi connectivity index (χ2v) is 7.80. The van der Waals surface area contributed by atoms with Crippen LogP contribution in [0, 0.1) is 5.92 Å². The summed E-state index contributed by atoms with van der Waals surface area (Å²) >= 11 is 0. The van der Waals surface area contributed by atoms with E-state index < -0.39 is 0 Å². The lowest BCUT2D eigenvalue weighted by molar-refractivity contribution is -0.118. The second-order valence-electron chi connectivity index (χ2n) is 7.80. The molecule has 1 amide bonds. The molecule has 3 N–H and O–H groups in total. The van der Waals surface area contributed by atoms with Crippen molar-refractivity contribution in [2.75, 3.05) is 31.5 Å². The number of hydrogen-bond donors (Lipinski definition) is 3. The van der Waals surface area contributed by atoms with Gasteiger partial charge in [-0.15, -0.1) is 24.0 Å². The molecule has 0 atom stereocenters. The quantitative estimate of drug-likeness (QED) is 0.280. The van der Waals surface area contributed by atoms with Crippen molar-refractivity contribution >= 4 is 41.5 Å². The monoisotopic (exact) mass is 515 g/mol. The first-order chi connectivity index (χ1) is 13.5. The Hall–Kier alpha value is -1.35. The Kier molecular flexibility index (Phi) is 12.2. The molecular weight excluding hydrogens is 477 g/mol. The predicted octanol–water partition coefficient (Wildman–Crippen LogP) is 3.83. The standard InChI is InChI=1S/C22H37N5O.HI/c1-5-13-27-14-11-20(12-15-27)26-22(23-6-2)24-16-18-7-9-19(10-8-18)25-21(28)17(3)4;/h7-10,17,20H,5-6,11-16H2,1-4H3,(H,25,28)(H2,23,24,26);1H. The number of halogens is 1. The van der Waals surface area contributed by atoms with Crippen molar-refractivity contribution in [3.8, 4) is 0 Å². The van der Waals surface area contributed by atoms with E-state index in [1.165, 1.54) is 13.0 Å². The number of hydrogen-bond acceptors (Lipinski definition) is 3. The zero-order valence-corrected chi connectivity index (χ0v) is 20.7. The van der Waals surface area contributed by atoms with Gasteiger partial charge in [0, 0.05) is 37.3 Å². The number of aliphatic imine (C=N–C) groups is 1. The minimum absolute atomic E-state index is 0. The summed E-state index contributed by atoms with van der Waals surface area (Å²) in [6.45, 7) is 13.1. The first-order valence-corrected chi connectivity index (χ1v) is 10.7. The lowest BCUT2D eigenvalue weighted by atomic mass is 10.1. The fourth-order valence-electron chi connectivity index (χ4n) is 3.28. The maximum atomic E-state index is 11.8. The number of piperidine rings is 1. The molecule has 0 aliphatic carbocycles. The molecule has 6 nitrogen and oxygen atoms in total. The maximum Gasteiger partial charge on any atom is 0.226 e. The molecule has 1 heterocycles. The Morgan fingerprint density at radius 1 is 1.17 bits per heavy atom. The van der Waals surface area contributed by atoms with Gasteiger partial charge in [-0.05, 0) is 50.4 Å². The van der Waals surface area contributed by atoms with E-state index in [4.69, 9.17) is 4.99 Å². The number of guanidine groups is 1. The van der Waals surface area contributed by atoms with Crippen molar-refractivity contribution in [1.29, 1.82) is 0 Å². The zero-order valence-electron chi connectivity index (χ0n) is 18.3. The molecule has 1 saturated heterocycles. The summed E-state index contributed by atoms with van der Waals surface area (Å²) < 4.78 is 0. The molecule has 7 heteroatoms. The van der Waals surface area contributed by atoms with Crippen molar-refractivity contribution in [2.24, 2.45) is 10.9 Å². The van der Waals surface area contributed by atoms with E-state index in [-0.39, 0.29) is 35.8 Å². The van der Waals surface area contributed by atoms with Gasteiger partial charge in [-0.1, -0.05) is 32.9 Å². The summed E-state index contributed by atoms with van der Waals surface area (Å²) in [5.74, 6) is 0.898. The van der Waals surface area contributed by atoms with Crippen molar-refractivity contribution in [3.63, 3.8) is 0 Å². The molecule has 1 aromatic carbocycles. The average molecular weight is 515 g/mol. The van der Waals surface area contributed by atoms with Gasteiger partial charge < -0.3 is 20.9 Å². The van der Waals surface area contributed by atoms with E-state index in [2.05, 4.69) is 34.7 Å². The largest absolute Gasteiger partial charge is 0.357 e. The van der Waals surface area contributed by atoms with E-state index in [0.29, 0.717) is 12.6 Å². The van der Waals surface area contributed by atoms with Crippen LogP contribution in [0.2, 0.25) is 0 Å². The topological polar surface area (TPSA) is 68.8 Å². The second kappa shape index (κ2) is 13.8. The molecule has 0 radical (unpaired) electrons.